The van der Waals surface area contributed by atoms with Crippen molar-refractivity contribution in [2.75, 3.05) is 25.7 Å². The Morgan fingerprint density at radius 2 is 1.64 bits per heavy atom. The largest absolute Gasteiger partial charge is 0.277 e. The van der Waals surface area contributed by atoms with Gasteiger partial charge in [-0.1, -0.05) is 0 Å². The molecule has 0 unspecified atom stereocenters. The summed E-state index contributed by atoms with van der Waals surface area (Å²) in [6, 6.07) is 3.85. The van der Waals surface area contributed by atoms with Gasteiger partial charge in [0.2, 0.25) is 11.8 Å². The predicted octanol–water partition coefficient (Wildman–Crippen LogP) is 1.40. The summed E-state index contributed by atoms with van der Waals surface area (Å²) in [5, 5.41) is 0.853. The minimum absolute atomic E-state index is 0.149. The van der Waals surface area contributed by atoms with Gasteiger partial charge in [0.15, 0.2) is 0 Å². The van der Waals surface area contributed by atoms with Gasteiger partial charge in [-0.3, -0.25) is 19.3 Å². The van der Waals surface area contributed by atoms with Crippen molar-refractivity contribution >= 4 is 35.3 Å². The number of aromatic nitrogens is 1. The summed E-state index contributed by atoms with van der Waals surface area (Å²) in [6.45, 7) is 0. The zero-order valence-electron chi connectivity index (χ0n) is 12.5. The zero-order chi connectivity index (χ0) is 16.2. The highest BCUT2D eigenvalue weighted by molar-refractivity contribution is 7.99. The number of hydroxylamine groups is 2. The van der Waals surface area contributed by atoms with Gasteiger partial charge in [0.1, 0.15) is 0 Å². The van der Waals surface area contributed by atoms with Crippen molar-refractivity contribution in [2.45, 2.75) is 22.8 Å². The van der Waals surface area contributed by atoms with Gasteiger partial charge in [-0.15, -0.1) is 23.5 Å². The number of carbonyl (C=O) groups excluding carboxylic acids is 2. The van der Waals surface area contributed by atoms with E-state index in [9.17, 15) is 9.59 Å². The first-order valence-electron chi connectivity index (χ1n) is 6.51. The summed E-state index contributed by atoms with van der Waals surface area (Å²) in [5.41, 5.74) is 4.53. The SMILES string of the molecule is CONC(=O)CCSc1ccc(SCCC(=O)NOC)nc1. The van der Waals surface area contributed by atoms with Gasteiger partial charge in [-0.05, 0) is 12.1 Å². The number of amides is 2. The Kier molecular flexibility index (Phi) is 9.64. The van der Waals surface area contributed by atoms with Crippen molar-refractivity contribution in [1.82, 2.24) is 15.9 Å². The molecule has 0 fully saturated rings. The van der Waals surface area contributed by atoms with Crippen LogP contribution < -0.4 is 11.0 Å². The van der Waals surface area contributed by atoms with Crippen LogP contribution >= 0.6 is 23.5 Å². The number of hydrogen-bond donors (Lipinski definition) is 2. The molecule has 0 saturated carbocycles. The second-order valence-electron chi connectivity index (χ2n) is 3.99. The molecule has 7 nitrogen and oxygen atoms in total. The van der Waals surface area contributed by atoms with E-state index in [-0.39, 0.29) is 11.8 Å². The first kappa shape index (κ1) is 18.8. The van der Waals surface area contributed by atoms with E-state index in [0.29, 0.717) is 24.3 Å². The molecule has 2 amide bonds. The summed E-state index contributed by atoms with van der Waals surface area (Å²) in [7, 11) is 2.81. The molecule has 0 bridgehead atoms. The predicted molar refractivity (Wildman–Crippen MR) is 85.2 cm³/mol. The van der Waals surface area contributed by atoms with E-state index in [1.165, 1.54) is 26.0 Å². The highest BCUT2D eigenvalue weighted by Crippen LogP contribution is 2.22. The highest BCUT2D eigenvalue weighted by Gasteiger charge is 2.04. The maximum Gasteiger partial charge on any atom is 0.244 e. The molecule has 0 atom stereocenters. The van der Waals surface area contributed by atoms with Crippen molar-refractivity contribution in [3.05, 3.63) is 18.3 Å². The van der Waals surface area contributed by atoms with Crippen LogP contribution in [0.3, 0.4) is 0 Å². The van der Waals surface area contributed by atoms with Crippen LogP contribution in [0.15, 0.2) is 28.3 Å². The van der Waals surface area contributed by atoms with Crippen molar-refractivity contribution < 1.29 is 19.3 Å². The number of pyridine rings is 1. The van der Waals surface area contributed by atoms with Crippen LogP contribution in [-0.4, -0.2) is 42.5 Å². The van der Waals surface area contributed by atoms with E-state index >= 15 is 0 Å². The van der Waals surface area contributed by atoms with Gasteiger partial charge in [0, 0.05) is 35.4 Å². The molecule has 1 rings (SSSR count). The molecule has 122 valence electrons. The molecule has 9 heteroatoms. The molecule has 1 aromatic heterocycles. The van der Waals surface area contributed by atoms with E-state index in [0.717, 1.165) is 9.92 Å². The Hall–Kier alpha value is -1.29. The molecule has 1 heterocycles. The second kappa shape index (κ2) is 11.3. The molecule has 0 spiro atoms. The van der Waals surface area contributed by atoms with Crippen LogP contribution in [0.5, 0.6) is 0 Å². The first-order valence-corrected chi connectivity index (χ1v) is 8.48. The third-order valence-electron chi connectivity index (χ3n) is 2.32. The number of rotatable bonds is 10. The van der Waals surface area contributed by atoms with Crippen LogP contribution in [0.25, 0.3) is 0 Å². The van der Waals surface area contributed by atoms with Gasteiger partial charge < -0.3 is 0 Å². The number of carbonyl (C=O) groups is 2. The summed E-state index contributed by atoms with van der Waals surface area (Å²) in [4.78, 5) is 36.8. The number of thioether (sulfide) groups is 2. The Labute approximate surface area is 137 Å². The van der Waals surface area contributed by atoms with E-state index in [4.69, 9.17) is 0 Å². The van der Waals surface area contributed by atoms with Gasteiger partial charge in [-0.25, -0.2) is 15.9 Å². The summed E-state index contributed by atoms with van der Waals surface area (Å²) < 4.78 is 0. The van der Waals surface area contributed by atoms with Crippen LogP contribution in [-0.2, 0) is 19.3 Å². The van der Waals surface area contributed by atoms with Gasteiger partial charge in [-0.2, -0.15) is 0 Å². The maximum absolute atomic E-state index is 11.2. The number of hydrogen-bond acceptors (Lipinski definition) is 7. The molecule has 0 radical (unpaired) electrons. The van der Waals surface area contributed by atoms with Gasteiger partial charge in [0.05, 0.1) is 19.2 Å². The number of nitrogens with zero attached hydrogens (tertiary/aromatic N) is 1. The summed E-state index contributed by atoms with van der Waals surface area (Å²) in [6.07, 6.45) is 2.51. The lowest BCUT2D eigenvalue weighted by molar-refractivity contribution is -0.131. The normalized spacial score (nSPS) is 10.3. The monoisotopic (exact) mass is 345 g/mol. The second-order valence-corrected chi connectivity index (χ2v) is 6.27. The highest BCUT2D eigenvalue weighted by atomic mass is 32.2. The van der Waals surface area contributed by atoms with E-state index in [1.807, 2.05) is 12.1 Å². The molecule has 1 aromatic rings. The van der Waals surface area contributed by atoms with Crippen LogP contribution in [0.1, 0.15) is 12.8 Å². The summed E-state index contributed by atoms with van der Waals surface area (Å²) in [5.74, 6) is 0.980. The van der Waals surface area contributed by atoms with Crippen LogP contribution in [0.4, 0.5) is 0 Å². The third-order valence-corrected chi connectivity index (χ3v) is 4.25. The van der Waals surface area contributed by atoms with Crippen LogP contribution in [0.2, 0.25) is 0 Å². The molecule has 0 aliphatic carbocycles. The molecular weight excluding hydrogens is 326 g/mol. The minimum atomic E-state index is -0.156. The molecule has 0 aromatic carbocycles. The van der Waals surface area contributed by atoms with Gasteiger partial charge in [0.25, 0.3) is 0 Å². The van der Waals surface area contributed by atoms with Crippen molar-refractivity contribution in [3.63, 3.8) is 0 Å². The maximum atomic E-state index is 11.2. The van der Waals surface area contributed by atoms with Gasteiger partial charge >= 0.3 is 0 Å². The quantitative estimate of drug-likeness (QED) is 0.489. The Bertz CT molecular complexity index is 428. The first-order chi connectivity index (χ1) is 10.7. The van der Waals surface area contributed by atoms with Crippen molar-refractivity contribution in [1.29, 1.82) is 0 Å². The Morgan fingerprint density at radius 1 is 1.05 bits per heavy atom. The Morgan fingerprint density at radius 3 is 2.14 bits per heavy atom. The fraction of sp³-hybridized carbons (Fsp3) is 0.462. The lowest BCUT2D eigenvalue weighted by Gasteiger charge is -2.04. The van der Waals surface area contributed by atoms with E-state index < -0.39 is 0 Å². The molecular formula is C13H19N3O4S2. The van der Waals surface area contributed by atoms with Crippen molar-refractivity contribution in [3.8, 4) is 0 Å². The third kappa shape index (κ3) is 8.23. The van der Waals surface area contributed by atoms with E-state index in [1.54, 1.807) is 18.0 Å². The number of nitrogens with one attached hydrogen (secondary N) is 2. The molecule has 0 aliphatic rings. The van der Waals surface area contributed by atoms with Crippen LogP contribution in [0, 0.1) is 0 Å². The topological polar surface area (TPSA) is 89.5 Å². The lowest BCUT2D eigenvalue weighted by atomic mass is 10.5. The zero-order valence-corrected chi connectivity index (χ0v) is 14.1. The Balaban J connectivity index is 2.25. The molecule has 0 saturated heterocycles. The fourth-order valence-corrected chi connectivity index (χ4v) is 2.98. The standard InChI is InChI=1S/C13H19N3O4S2/c1-19-15-11(17)5-7-21-10-3-4-13(14-9-10)22-8-6-12(18)16-20-2/h3-4,9H,5-8H2,1-2H3,(H,15,17)(H,16,18). The summed E-state index contributed by atoms with van der Waals surface area (Å²) >= 11 is 3.05. The lowest BCUT2D eigenvalue weighted by Crippen LogP contribution is -2.21. The minimum Gasteiger partial charge on any atom is -0.277 e. The molecule has 2 N–H and O–H groups in total. The average molecular weight is 345 g/mol. The molecule has 0 aliphatic heterocycles. The molecule has 22 heavy (non-hydrogen) atoms. The van der Waals surface area contributed by atoms with Crippen molar-refractivity contribution in [2.24, 2.45) is 0 Å². The average Bonchev–Trinajstić information content (AvgIpc) is 2.49. The fourth-order valence-electron chi connectivity index (χ4n) is 1.38. The van der Waals surface area contributed by atoms with E-state index in [2.05, 4.69) is 25.6 Å². The smallest absolute Gasteiger partial charge is 0.244 e.